The van der Waals surface area contributed by atoms with Crippen LogP contribution in [0.5, 0.6) is 0 Å². The molecule has 12 heteroatoms. The third-order valence-electron chi connectivity index (χ3n) is 5.36. The summed E-state index contributed by atoms with van der Waals surface area (Å²) < 4.78 is 83.4. The van der Waals surface area contributed by atoms with Gasteiger partial charge in [0.2, 0.25) is 5.91 Å². The molecule has 0 aromatic heterocycles. The minimum atomic E-state index is -5.07. The number of carbonyl (C=O) groups is 1. The summed E-state index contributed by atoms with van der Waals surface area (Å²) in [7, 11) is 1.46. The Kier molecular flexibility index (Phi) is 6.70. The van der Waals surface area contributed by atoms with Crippen molar-refractivity contribution in [2.24, 2.45) is 0 Å². The van der Waals surface area contributed by atoms with E-state index in [0.29, 0.717) is 11.0 Å². The number of amides is 1. The van der Waals surface area contributed by atoms with E-state index in [1.165, 1.54) is 13.1 Å². The van der Waals surface area contributed by atoms with Crippen molar-refractivity contribution in [3.05, 3.63) is 62.1 Å². The van der Waals surface area contributed by atoms with Gasteiger partial charge in [0.05, 0.1) is 20.6 Å². The van der Waals surface area contributed by atoms with E-state index in [4.69, 9.17) is 34.8 Å². The summed E-state index contributed by atoms with van der Waals surface area (Å²) in [5.41, 5.74) is -5.00. The van der Waals surface area contributed by atoms with Gasteiger partial charge in [0.1, 0.15) is 0 Å². The molecule has 1 amide bonds. The lowest BCUT2D eigenvalue weighted by Gasteiger charge is -2.31. The average molecular weight is 520 g/mol. The molecule has 0 bridgehead atoms. The highest BCUT2D eigenvalue weighted by Gasteiger charge is 2.65. The fourth-order valence-corrected chi connectivity index (χ4v) is 4.40. The van der Waals surface area contributed by atoms with Crippen LogP contribution in [0.4, 0.5) is 32.0 Å². The highest BCUT2D eigenvalue weighted by molar-refractivity contribution is 6.48. The van der Waals surface area contributed by atoms with Gasteiger partial charge in [0.25, 0.3) is 0 Å². The van der Waals surface area contributed by atoms with E-state index in [2.05, 4.69) is 5.32 Å². The van der Waals surface area contributed by atoms with Crippen LogP contribution in [0.25, 0.3) is 0 Å². The predicted molar refractivity (Wildman–Crippen MR) is 110 cm³/mol. The van der Waals surface area contributed by atoms with Crippen molar-refractivity contribution in [3.63, 3.8) is 0 Å². The van der Waals surface area contributed by atoms with Gasteiger partial charge in [-0.05, 0) is 48.9 Å². The maximum atomic E-state index is 14.3. The van der Waals surface area contributed by atoms with Crippen molar-refractivity contribution in [2.45, 2.75) is 30.7 Å². The molecule has 1 saturated heterocycles. The standard InChI is InChI=1S/C20H15Cl3F6N2O/c1-30-9-10-2-3-12(8-13(10)19(24,25)26)31-5-4-18(17(31)32,20(27,28)29)11-6-14(21)16(23)15(22)7-11/h2-3,6-8,30H,4-5,9H2,1H3. The van der Waals surface area contributed by atoms with Crippen LogP contribution in [0.1, 0.15) is 23.1 Å². The SMILES string of the molecule is CNCc1ccc(N2CCC(c3cc(Cl)c(Cl)c(Cl)c3)(C(F)(F)F)C2=O)cc1C(F)(F)F. The zero-order chi connectivity index (χ0) is 24.1. The Balaban J connectivity index is 2.13. The van der Waals surface area contributed by atoms with Gasteiger partial charge in [0.15, 0.2) is 5.41 Å². The molecule has 0 spiro atoms. The van der Waals surface area contributed by atoms with Crippen LogP contribution in [0.15, 0.2) is 30.3 Å². The Labute approximate surface area is 194 Å². The summed E-state index contributed by atoms with van der Waals surface area (Å²) >= 11 is 17.6. The van der Waals surface area contributed by atoms with Gasteiger partial charge in [-0.25, -0.2) is 0 Å². The molecular weight excluding hydrogens is 505 g/mol. The quantitative estimate of drug-likeness (QED) is 0.364. The largest absolute Gasteiger partial charge is 0.416 e. The van der Waals surface area contributed by atoms with E-state index in [-0.39, 0.29) is 32.9 Å². The first-order valence-electron chi connectivity index (χ1n) is 9.12. The minimum absolute atomic E-state index is 0.103. The molecule has 1 aliphatic rings. The van der Waals surface area contributed by atoms with E-state index in [1.807, 2.05) is 0 Å². The maximum absolute atomic E-state index is 14.3. The molecule has 32 heavy (non-hydrogen) atoms. The summed E-state index contributed by atoms with van der Waals surface area (Å²) in [6.07, 6.45) is -10.6. The lowest BCUT2D eigenvalue weighted by atomic mass is 9.78. The molecule has 3 rings (SSSR count). The first kappa shape index (κ1) is 25.0. The molecule has 2 aromatic rings. The molecule has 2 aromatic carbocycles. The van der Waals surface area contributed by atoms with E-state index in [1.54, 1.807) is 0 Å². The second-order valence-corrected chi connectivity index (χ2v) is 8.43. The van der Waals surface area contributed by atoms with E-state index < -0.39 is 47.8 Å². The predicted octanol–water partition coefficient (Wildman–Crippen LogP) is 6.62. The van der Waals surface area contributed by atoms with Gasteiger partial charge in [-0.15, -0.1) is 0 Å². The lowest BCUT2D eigenvalue weighted by Crippen LogP contribution is -2.49. The van der Waals surface area contributed by atoms with Crippen molar-refractivity contribution in [1.82, 2.24) is 5.32 Å². The van der Waals surface area contributed by atoms with Crippen molar-refractivity contribution in [2.75, 3.05) is 18.5 Å². The summed E-state index contributed by atoms with van der Waals surface area (Å²) in [6, 6.07) is 4.81. The second-order valence-electron chi connectivity index (χ2n) is 7.23. The van der Waals surface area contributed by atoms with Crippen LogP contribution in [0, 0.1) is 0 Å². The number of alkyl halides is 6. The van der Waals surface area contributed by atoms with Gasteiger partial charge >= 0.3 is 12.4 Å². The molecule has 1 atom stereocenters. The number of anilines is 1. The fourth-order valence-electron chi connectivity index (χ4n) is 3.80. The number of carbonyl (C=O) groups excluding carboxylic acids is 1. The Morgan fingerprint density at radius 3 is 2.12 bits per heavy atom. The maximum Gasteiger partial charge on any atom is 0.416 e. The number of rotatable bonds is 4. The van der Waals surface area contributed by atoms with Crippen molar-refractivity contribution >= 4 is 46.4 Å². The number of benzene rings is 2. The summed E-state index contributed by atoms with van der Waals surface area (Å²) in [4.78, 5) is 13.8. The summed E-state index contributed by atoms with van der Waals surface area (Å²) in [5.74, 6) is -1.42. The van der Waals surface area contributed by atoms with Crippen molar-refractivity contribution in [3.8, 4) is 0 Å². The zero-order valence-electron chi connectivity index (χ0n) is 16.3. The number of hydrogen-bond donors (Lipinski definition) is 1. The van der Waals surface area contributed by atoms with Gasteiger partial charge in [0, 0.05) is 18.8 Å². The average Bonchev–Trinajstić information content (AvgIpc) is 3.03. The highest BCUT2D eigenvalue weighted by Crippen LogP contribution is 2.51. The van der Waals surface area contributed by atoms with Crippen molar-refractivity contribution < 1.29 is 31.1 Å². The van der Waals surface area contributed by atoms with Gasteiger partial charge in [-0.3, -0.25) is 4.79 Å². The van der Waals surface area contributed by atoms with Gasteiger partial charge in [-0.1, -0.05) is 40.9 Å². The van der Waals surface area contributed by atoms with Crippen LogP contribution < -0.4 is 10.2 Å². The van der Waals surface area contributed by atoms with E-state index >= 15 is 0 Å². The molecule has 0 aliphatic carbocycles. The molecule has 0 radical (unpaired) electrons. The molecule has 1 N–H and O–H groups in total. The Morgan fingerprint density at radius 2 is 1.62 bits per heavy atom. The van der Waals surface area contributed by atoms with Crippen LogP contribution in [0.3, 0.4) is 0 Å². The number of nitrogens with one attached hydrogen (secondary N) is 1. The van der Waals surface area contributed by atoms with Crippen molar-refractivity contribution in [1.29, 1.82) is 0 Å². The molecule has 1 unspecified atom stereocenters. The molecular formula is C20H15Cl3F6N2O. The molecule has 174 valence electrons. The minimum Gasteiger partial charge on any atom is -0.316 e. The Morgan fingerprint density at radius 1 is 1.03 bits per heavy atom. The smallest absolute Gasteiger partial charge is 0.316 e. The molecule has 1 aliphatic heterocycles. The normalized spacial score (nSPS) is 19.7. The molecule has 1 heterocycles. The summed E-state index contributed by atoms with van der Waals surface area (Å²) in [6.45, 7) is -0.573. The van der Waals surface area contributed by atoms with E-state index in [9.17, 15) is 31.1 Å². The van der Waals surface area contributed by atoms with Gasteiger partial charge < -0.3 is 10.2 Å². The van der Waals surface area contributed by atoms with E-state index in [0.717, 1.165) is 18.2 Å². The number of halogens is 9. The van der Waals surface area contributed by atoms with Gasteiger partial charge in [-0.2, -0.15) is 26.3 Å². The third kappa shape index (κ3) is 4.16. The molecule has 1 fully saturated rings. The Bertz CT molecular complexity index is 1030. The molecule has 3 nitrogen and oxygen atoms in total. The monoisotopic (exact) mass is 518 g/mol. The topological polar surface area (TPSA) is 32.3 Å². The van der Waals surface area contributed by atoms with Crippen LogP contribution in [0.2, 0.25) is 15.1 Å². The highest BCUT2D eigenvalue weighted by atomic mass is 35.5. The third-order valence-corrected chi connectivity index (χ3v) is 6.56. The summed E-state index contributed by atoms with van der Waals surface area (Å²) in [5, 5.41) is 1.87. The first-order chi connectivity index (χ1) is 14.7. The van der Waals surface area contributed by atoms with Crippen LogP contribution in [-0.2, 0) is 22.9 Å². The first-order valence-corrected chi connectivity index (χ1v) is 10.3. The zero-order valence-corrected chi connectivity index (χ0v) is 18.5. The van der Waals surface area contributed by atoms with Crippen LogP contribution >= 0.6 is 34.8 Å². The number of nitrogens with zero attached hydrogens (tertiary/aromatic N) is 1. The molecule has 0 saturated carbocycles. The van der Waals surface area contributed by atoms with Crippen LogP contribution in [-0.4, -0.2) is 25.7 Å². The fraction of sp³-hybridized carbons (Fsp3) is 0.350. The second kappa shape index (κ2) is 8.59. The number of hydrogen-bond acceptors (Lipinski definition) is 2. The Hall–Kier alpha value is -1.68. The lowest BCUT2D eigenvalue weighted by molar-refractivity contribution is -0.190.